The van der Waals surface area contributed by atoms with Crippen molar-refractivity contribution in [3.8, 4) is 0 Å². The lowest BCUT2D eigenvalue weighted by atomic mass is 9.68. The summed E-state index contributed by atoms with van der Waals surface area (Å²) in [5, 5.41) is 0. The summed E-state index contributed by atoms with van der Waals surface area (Å²) in [5.41, 5.74) is 1.67. The van der Waals surface area contributed by atoms with Gasteiger partial charge in [0, 0.05) is 13.6 Å². The minimum atomic E-state index is 0.677. The zero-order valence-electron chi connectivity index (χ0n) is 12.6. The summed E-state index contributed by atoms with van der Waals surface area (Å²) in [6.45, 7) is 7.21. The number of nitrogens with zero attached hydrogens (tertiary/aromatic N) is 2. The zero-order valence-corrected chi connectivity index (χ0v) is 12.6. The summed E-state index contributed by atoms with van der Waals surface area (Å²) in [4.78, 5) is 6.81. The second-order valence-corrected chi connectivity index (χ2v) is 6.13. The van der Waals surface area contributed by atoms with Crippen LogP contribution in [0, 0.1) is 5.41 Å². The summed E-state index contributed by atoms with van der Waals surface area (Å²) in [6, 6.07) is 0. The van der Waals surface area contributed by atoms with Crippen LogP contribution in [0.4, 0.5) is 0 Å². The minimum absolute atomic E-state index is 0.677. The van der Waals surface area contributed by atoms with Crippen molar-refractivity contribution >= 4 is 5.71 Å². The number of hydrogen-bond donors (Lipinski definition) is 0. The Morgan fingerprint density at radius 2 is 1.79 bits per heavy atom. The zero-order chi connectivity index (χ0) is 13.7. The topological polar surface area (TPSA) is 24.8 Å². The standard InChI is InChI=1S/C16H28N2O/c1-14(19-3)15(17-2)13-18-11-9-16(10-12-18)7-5-4-6-8-16/h1,4-13H2,2-3H3. The van der Waals surface area contributed by atoms with Gasteiger partial charge >= 0.3 is 0 Å². The van der Waals surface area contributed by atoms with Gasteiger partial charge in [-0.15, -0.1) is 0 Å². The predicted molar refractivity (Wildman–Crippen MR) is 80.7 cm³/mol. The second-order valence-electron chi connectivity index (χ2n) is 6.13. The Hall–Kier alpha value is -0.830. The van der Waals surface area contributed by atoms with E-state index in [0.29, 0.717) is 11.2 Å². The molecular weight excluding hydrogens is 236 g/mol. The van der Waals surface area contributed by atoms with Gasteiger partial charge in [-0.05, 0) is 44.2 Å². The van der Waals surface area contributed by atoms with Crippen molar-refractivity contribution in [3.63, 3.8) is 0 Å². The highest BCUT2D eigenvalue weighted by molar-refractivity contribution is 5.99. The Labute approximate surface area is 117 Å². The molecule has 0 radical (unpaired) electrons. The molecule has 1 saturated heterocycles. The molecule has 0 amide bonds. The molecule has 1 aliphatic heterocycles. The molecule has 1 heterocycles. The number of hydrogen-bond acceptors (Lipinski definition) is 3. The third kappa shape index (κ3) is 3.59. The van der Waals surface area contributed by atoms with E-state index in [9.17, 15) is 0 Å². The van der Waals surface area contributed by atoms with Crippen LogP contribution >= 0.6 is 0 Å². The minimum Gasteiger partial charge on any atom is -0.495 e. The molecule has 2 fully saturated rings. The molecular formula is C16H28N2O. The van der Waals surface area contributed by atoms with Gasteiger partial charge in [0.25, 0.3) is 0 Å². The Morgan fingerprint density at radius 1 is 1.16 bits per heavy atom. The molecule has 19 heavy (non-hydrogen) atoms. The highest BCUT2D eigenvalue weighted by Crippen LogP contribution is 2.44. The Kier molecular flexibility index (Phi) is 5.03. The first kappa shape index (κ1) is 14.6. The van der Waals surface area contributed by atoms with Gasteiger partial charge in [0.05, 0.1) is 12.8 Å². The van der Waals surface area contributed by atoms with Crippen LogP contribution in [-0.2, 0) is 4.74 Å². The van der Waals surface area contributed by atoms with Crippen LogP contribution in [0.1, 0.15) is 44.9 Å². The summed E-state index contributed by atoms with van der Waals surface area (Å²) in [6.07, 6.45) is 9.99. The average Bonchev–Trinajstić information content (AvgIpc) is 2.47. The Balaban J connectivity index is 1.84. The van der Waals surface area contributed by atoms with E-state index in [4.69, 9.17) is 4.74 Å². The molecule has 2 aliphatic rings. The van der Waals surface area contributed by atoms with Gasteiger partial charge in [-0.25, -0.2) is 0 Å². The quantitative estimate of drug-likeness (QED) is 0.575. The first-order valence-corrected chi connectivity index (χ1v) is 7.60. The molecule has 0 aromatic carbocycles. The number of piperidine rings is 1. The molecule has 0 aromatic rings. The maximum absolute atomic E-state index is 5.20. The van der Waals surface area contributed by atoms with E-state index in [0.717, 1.165) is 12.3 Å². The number of aliphatic imine (C=N–C) groups is 1. The molecule has 1 saturated carbocycles. The molecule has 1 aliphatic carbocycles. The Bertz CT molecular complexity index is 333. The number of likely N-dealkylation sites (tertiary alicyclic amines) is 1. The summed E-state index contributed by atoms with van der Waals surface area (Å²) in [5.74, 6) is 0.709. The number of rotatable bonds is 4. The van der Waals surface area contributed by atoms with Crippen LogP contribution in [0.5, 0.6) is 0 Å². The van der Waals surface area contributed by atoms with Crippen molar-refractivity contribution in [3.05, 3.63) is 12.3 Å². The van der Waals surface area contributed by atoms with Crippen LogP contribution in [0.25, 0.3) is 0 Å². The molecule has 0 bridgehead atoms. The van der Waals surface area contributed by atoms with Crippen LogP contribution in [0.3, 0.4) is 0 Å². The third-order valence-electron chi connectivity index (χ3n) is 5.04. The van der Waals surface area contributed by atoms with Crippen molar-refractivity contribution in [2.45, 2.75) is 44.9 Å². The summed E-state index contributed by atoms with van der Waals surface area (Å²) < 4.78 is 5.20. The molecule has 108 valence electrons. The molecule has 3 nitrogen and oxygen atoms in total. The molecule has 0 N–H and O–H groups in total. The van der Waals surface area contributed by atoms with Gasteiger partial charge in [-0.3, -0.25) is 9.89 Å². The van der Waals surface area contributed by atoms with Crippen molar-refractivity contribution in [2.75, 3.05) is 33.8 Å². The van der Waals surface area contributed by atoms with Gasteiger partial charge < -0.3 is 4.74 Å². The monoisotopic (exact) mass is 264 g/mol. The van der Waals surface area contributed by atoms with E-state index in [2.05, 4.69) is 16.5 Å². The van der Waals surface area contributed by atoms with E-state index >= 15 is 0 Å². The van der Waals surface area contributed by atoms with Gasteiger partial charge in [-0.2, -0.15) is 0 Å². The van der Waals surface area contributed by atoms with Crippen molar-refractivity contribution in [2.24, 2.45) is 10.4 Å². The smallest absolute Gasteiger partial charge is 0.134 e. The first-order chi connectivity index (χ1) is 9.19. The molecule has 0 aromatic heterocycles. The largest absolute Gasteiger partial charge is 0.495 e. The lowest BCUT2D eigenvalue weighted by molar-refractivity contribution is 0.0753. The van der Waals surface area contributed by atoms with E-state index in [1.54, 1.807) is 7.11 Å². The predicted octanol–water partition coefficient (Wildman–Crippen LogP) is 3.26. The maximum atomic E-state index is 5.20. The fourth-order valence-electron chi connectivity index (χ4n) is 3.60. The number of methoxy groups -OCH3 is 1. The van der Waals surface area contributed by atoms with Crippen LogP contribution in [0.2, 0.25) is 0 Å². The van der Waals surface area contributed by atoms with Gasteiger partial charge in [-0.1, -0.05) is 25.8 Å². The first-order valence-electron chi connectivity index (χ1n) is 7.60. The molecule has 2 rings (SSSR count). The molecule has 0 unspecified atom stereocenters. The van der Waals surface area contributed by atoms with E-state index in [-0.39, 0.29) is 0 Å². The van der Waals surface area contributed by atoms with Crippen molar-refractivity contribution in [1.29, 1.82) is 0 Å². The van der Waals surface area contributed by atoms with Crippen molar-refractivity contribution in [1.82, 2.24) is 4.90 Å². The van der Waals surface area contributed by atoms with Gasteiger partial charge in [0.15, 0.2) is 0 Å². The van der Waals surface area contributed by atoms with E-state index < -0.39 is 0 Å². The highest BCUT2D eigenvalue weighted by Gasteiger charge is 2.35. The normalized spacial score (nSPS) is 24.4. The SMILES string of the molecule is C=C(OC)C(CN1CCC2(CCCCC2)CC1)=NC. The van der Waals surface area contributed by atoms with Crippen LogP contribution < -0.4 is 0 Å². The lowest BCUT2D eigenvalue weighted by Crippen LogP contribution is -2.43. The number of ether oxygens (including phenoxy) is 1. The molecule has 3 heteroatoms. The van der Waals surface area contributed by atoms with Gasteiger partial charge in [0.2, 0.25) is 0 Å². The summed E-state index contributed by atoms with van der Waals surface area (Å²) >= 11 is 0. The third-order valence-corrected chi connectivity index (χ3v) is 5.04. The fourth-order valence-corrected chi connectivity index (χ4v) is 3.60. The highest BCUT2D eigenvalue weighted by atomic mass is 16.5. The Morgan fingerprint density at radius 3 is 2.32 bits per heavy atom. The lowest BCUT2D eigenvalue weighted by Gasteiger charge is -2.44. The van der Waals surface area contributed by atoms with Gasteiger partial charge in [0.1, 0.15) is 5.76 Å². The molecule has 1 spiro atoms. The average molecular weight is 264 g/mol. The molecule has 0 atom stereocenters. The van der Waals surface area contributed by atoms with E-state index in [1.807, 2.05) is 7.05 Å². The van der Waals surface area contributed by atoms with Crippen molar-refractivity contribution < 1.29 is 4.74 Å². The second kappa shape index (κ2) is 6.56. The van der Waals surface area contributed by atoms with Crippen LogP contribution in [-0.4, -0.2) is 44.4 Å². The summed E-state index contributed by atoms with van der Waals surface area (Å²) in [7, 11) is 3.49. The van der Waals surface area contributed by atoms with E-state index in [1.165, 1.54) is 58.0 Å². The fraction of sp³-hybridized carbons (Fsp3) is 0.812. The van der Waals surface area contributed by atoms with Crippen LogP contribution in [0.15, 0.2) is 17.3 Å². The maximum Gasteiger partial charge on any atom is 0.134 e.